The second-order valence-electron chi connectivity index (χ2n) is 6.82. The number of nitrogens with zero attached hydrogens (tertiary/aromatic N) is 1. The van der Waals surface area contributed by atoms with Gasteiger partial charge in [0.05, 0.1) is 0 Å². The maximum absolute atomic E-state index is 5.98. The molecule has 0 atom stereocenters. The Kier molecular flexibility index (Phi) is 5.43. The van der Waals surface area contributed by atoms with E-state index in [9.17, 15) is 0 Å². The maximum Gasteiger partial charge on any atom is 0.0465 e. The predicted octanol–water partition coefficient (Wildman–Crippen LogP) is 6.29. The molecule has 0 spiro atoms. The fraction of sp³-hybridized carbons (Fsp3) is 0.0800. The van der Waals surface area contributed by atoms with Gasteiger partial charge in [-0.3, -0.25) is 4.98 Å². The summed E-state index contributed by atoms with van der Waals surface area (Å²) in [6, 6.07) is 24.3. The summed E-state index contributed by atoms with van der Waals surface area (Å²) in [5, 5.41) is 6.92. The van der Waals surface area contributed by atoms with E-state index in [2.05, 4.69) is 58.7 Å². The van der Waals surface area contributed by atoms with Gasteiger partial charge < -0.3 is 16.0 Å². The molecule has 0 aliphatic heterocycles. The number of aromatic nitrogens is 2. The molecule has 5 rings (SSSR count). The smallest absolute Gasteiger partial charge is 0.0465 e. The average molecular weight is 380 g/mol. The predicted molar refractivity (Wildman–Crippen MR) is 124 cm³/mol. The minimum absolute atomic E-state index is 0.797. The first-order valence-corrected chi connectivity index (χ1v) is 9.75. The summed E-state index contributed by atoms with van der Waals surface area (Å²) in [4.78, 5) is 7.24. The minimum atomic E-state index is 0.797. The van der Waals surface area contributed by atoms with Gasteiger partial charge in [0.25, 0.3) is 0 Å². The summed E-state index contributed by atoms with van der Waals surface area (Å²) in [5.41, 5.74) is 11.5. The monoisotopic (exact) mass is 380 g/mol. The molecule has 0 fully saturated rings. The Morgan fingerprint density at radius 3 is 2.28 bits per heavy atom. The number of nitrogen functional groups attached to an aromatic ring is 1. The summed E-state index contributed by atoms with van der Waals surface area (Å²) in [7, 11) is 0. The van der Waals surface area contributed by atoms with E-state index in [0.29, 0.717) is 0 Å². The van der Waals surface area contributed by atoms with E-state index in [1.807, 2.05) is 42.5 Å². The molecule has 0 aliphatic carbocycles. The van der Waals surface area contributed by atoms with Crippen LogP contribution in [0.3, 0.4) is 0 Å². The Labute approximate surface area is 170 Å². The van der Waals surface area contributed by atoms with Crippen LogP contribution in [0.2, 0.25) is 0 Å². The minimum Gasteiger partial charge on any atom is -0.398 e. The molecule has 5 aromatic rings. The second-order valence-corrected chi connectivity index (χ2v) is 6.82. The first-order chi connectivity index (χ1) is 14.3. The number of hydrogen-bond donors (Lipinski definition) is 3. The molecular formula is C25H24N4. The SMILES string of the molecule is CCc1c[nH]c2ccccc12.Nc1ccc(Nc2ccncc2)c2ccccc12. The fourth-order valence-electron chi connectivity index (χ4n) is 3.45. The summed E-state index contributed by atoms with van der Waals surface area (Å²) in [5.74, 6) is 0. The number of para-hydroxylation sites is 1. The normalized spacial score (nSPS) is 10.5. The van der Waals surface area contributed by atoms with E-state index in [1.165, 1.54) is 16.5 Å². The van der Waals surface area contributed by atoms with E-state index < -0.39 is 0 Å². The van der Waals surface area contributed by atoms with Crippen molar-refractivity contribution in [2.45, 2.75) is 13.3 Å². The molecule has 29 heavy (non-hydrogen) atoms. The zero-order valence-corrected chi connectivity index (χ0v) is 16.4. The summed E-state index contributed by atoms with van der Waals surface area (Å²) in [6.45, 7) is 2.18. The number of hydrogen-bond acceptors (Lipinski definition) is 3. The Bertz CT molecular complexity index is 1230. The summed E-state index contributed by atoms with van der Waals surface area (Å²) < 4.78 is 0. The van der Waals surface area contributed by atoms with Crippen LogP contribution in [-0.2, 0) is 6.42 Å². The first kappa shape index (κ1) is 18.6. The molecule has 2 heterocycles. The van der Waals surface area contributed by atoms with Gasteiger partial charge in [-0.25, -0.2) is 0 Å². The highest BCUT2D eigenvalue weighted by atomic mass is 14.9. The van der Waals surface area contributed by atoms with E-state index in [0.717, 1.165) is 34.3 Å². The summed E-state index contributed by atoms with van der Waals surface area (Å²) in [6.07, 6.45) is 6.72. The van der Waals surface area contributed by atoms with Gasteiger partial charge in [0, 0.05) is 57.3 Å². The molecule has 4 heteroatoms. The number of H-pyrrole nitrogens is 1. The molecule has 0 bridgehead atoms. The van der Waals surface area contributed by atoms with E-state index in [4.69, 9.17) is 5.73 Å². The zero-order valence-electron chi connectivity index (χ0n) is 16.4. The lowest BCUT2D eigenvalue weighted by Gasteiger charge is -2.11. The van der Waals surface area contributed by atoms with Crippen molar-refractivity contribution in [1.29, 1.82) is 0 Å². The van der Waals surface area contributed by atoms with Crippen molar-refractivity contribution in [2.24, 2.45) is 0 Å². The van der Waals surface area contributed by atoms with Gasteiger partial charge in [0.2, 0.25) is 0 Å². The van der Waals surface area contributed by atoms with Crippen molar-refractivity contribution < 1.29 is 0 Å². The van der Waals surface area contributed by atoms with E-state index >= 15 is 0 Å². The molecule has 0 saturated carbocycles. The fourth-order valence-corrected chi connectivity index (χ4v) is 3.45. The summed E-state index contributed by atoms with van der Waals surface area (Å²) >= 11 is 0. The Morgan fingerprint density at radius 1 is 0.828 bits per heavy atom. The molecule has 0 radical (unpaired) electrons. The zero-order chi connectivity index (χ0) is 20.1. The molecule has 4 nitrogen and oxygen atoms in total. The molecule has 0 unspecified atom stereocenters. The number of anilines is 3. The topological polar surface area (TPSA) is 66.7 Å². The molecule has 4 N–H and O–H groups in total. The van der Waals surface area contributed by atoms with Gasteiger partial charge >= 0.3 is 0 Å². The van der Waals surface area contributed by atoms with Crippen LogP contribution < -0.4 is 11.1 Å². The molecule has 0 amide bonds. The van der Waals surface area contributed by atoms with Gasteiger partial charge in [-0.2, -0.15) is 0 Å². The Morgan fingerprint density at radius 2 is 1.52 bits per heavy atom. The van der Waals surface area contributed by atoms with Gasteiger partial charge in [0.15, 0.2) is 0 Å². The van der Waals surface area contributed by atoms with Crippen LogP contribution in [0.4, 0.5) is 17.1 Å². The third-order valence-electron chi connectivity index (χ3n) is 4.97. The highest BCUT2D eigenvalue weighted by molar-refractivity contribution is 6.02. The van der Waals surface area contributed by atoms with Crippen LogP contribution in [0, 0.1) is 0 Å². The highest BCUT2D eigenvalue weighted by Gasteiger charge is 2.03. The lowest BCUT2D eigenvalue weighted by Crippen LogP contribution is -1.94. The van der Waals surface area contributed by atoms with Crippen LogP contribution in [0.25, 0.3) is 21.7 Å². The van der Waals surface area contributed by atoms with Crippen molar-refractivity contribution in [1.82, 2.24) is 9.97 Å². The lowest BCUT2D eigenvalue weighted by atomic mass is 10.1. The molecule has 0 aliphatic rings. The number of pyridine rings is 1. The highest BCUT2D eigenvalue weighted by Crippen LogP contribution is 2.30. The number of nitrogens with one attached hydrogen (secondary N) is 2. The molecule has 144 valence electrons. The molecular weight excluding hydrogens is 356 g/mol. The van der Waals surface area contributed by atoms with Crippen molar-refractivity contribution in [3.63, 3.8) is 0 Å². The molecule has 3 aromatic carbocycles. The van der Waals surface area contributed by atoms with Crippen LogP contribution in [0.1, 0.15) is 12.5 Å². The third-order valence-corrected chi connectivity index (χ3v) is 4.97. The number of fused-ring (bicyclic) bond motifs is 2. The van der Waals surface area contributed by atoms with Crippen LogP contribution in [-0.4, -0.2) is 9.97 Å². The number of benzene rings is 3. The van der Waals surface area contributed by atoms with Crippen molar-refractivity contribution in [3.8, 4) is 0 Å². The van der Waals surface area contributed by atoms with E-state index in [1.54, 1.807) is 12.4 Å². The maximum atomic E-state index is 5.98. The van der Waals surface area contributed by atoms with Crippen LogP contribution in [0.5, 0.6) is 0 Å². The van der Waals surface area contributed by atoms with Crippen molar-refractivity contribution in [2.75, 3.05) is 11.1 Å². The Balaban J connectivity index is 0.000000159. The number of nitrogens with two attached hydrogens (primary N) is 1. The van der Waals surface area contributed by atoms with Crippen molar-refractivity contribution in [3.05, 3.63) is 97.0 Å². The third kappa shape index (κ3) is 4.06. The standard InChI is InChI=1S/C15H13N3.C10H11N/c16-14-5-6-15(13-4-2-1-3-12(13)14)18-11-7-9-17-10-8-11;1-2-8-7-11-10-6-4-3-5-9(8)10/h1-10H,16H2,(H,17,18);3-7,11H,2H2,1H3. The number of rotatable bonds is 3. The lowest BCUT2D eigenvalue weighted by molar-refractivity contribution is 1.15. The van der Waals surface area contributed by atoms with E-state index in [-0.39, 0.29) is 0 Å². The number of aryl methyl sites for hydroxylation is 1. The number of aromatic amines is 1. The molecule has 2 aromatic heterocycles. The van der Waals surface area contributed by atoms with Crippen molar-refractivity contribution >= 4 is 38.7 Å². The Hall–Kier alpha value is -3.79. The average Bonchev–Trinajstić information content (AvgIpc) is 3.20. The molecule has 0 saturated heterocycles. The first-order valence-electron chi connectivity index (χ1n) is 9.75. The van der Waals surface area contributed by atoms with Gasteiger partial charge in [-0.15, -0.1) is 0 Å². The van der Waals surface area contributed by atoms with Gasteiger partial charge in [-0.05, 0) is 42.3 Å². The van der Waals surface area contributed by atoms with Gasteiger partial charge in [0.1, 0.15) is 0 Å². The van der Waals surface area contributed by atoms with Crippen LogP contribution in [0.15, 0.2) is 91.4 Å². The van der Waals surface area contributed by atoms with Crippen LogP contribution >= 0.6 is 0 Å². The van der Waals surface area contributed by atoms with Gasteiger partial charge in [-0.1, -0.05) is 49.4 Å². The quantitative estimate of drug-likeness (QED) is 0.322. The largest absolute Gasteiger partial charge is 0.398 e. The second kappa shape index (κ2) is 8.48.